The van der Waals surface area contributed by atoms with Crippen molar-refractivity contribution in [2.24, 2.45) is 11.8 Å². The Hall–Kier alpha value is -0.610. The van der Waals surface area contributed by atoms with Crippen LogP contribution in [0.1, 0.15) is 52.9 Å². The second-order valence-corrected chi connectivity index (χ2v) is 7.21. The van der Waals surface area contributed by atoms with Crippen LogP contribution in [0.5, 0.6) is 0 Å². The van der Waals surface area contributed by atoms with Crippen molar-refractivity contribution in [2.45, 2.75) is 64.5 Å². The molecule has 2 rings (SSSR count). The molecule has 0 radical (unpaired) electrons. The number of nitrogens with zero attached hydrogens (tertiary/aromatic N) is 1. The highest BCUT2D eigenvalue weighted by molar-refractivity contribution is 5.80. The third-order valence-electron chi connectivity index (χ3n) is 5.48. The van der Waals surface area contributed by atoms with Crippen LogP contribution in [0.25, 0.3) is 0 Å². The SMILES string of the molecule is CCCNC(C)(CC(C)N1CC2CCCC2C1)C(=O)OC. The summed E-state index contributed by atoms with van der Waals surface area (Å²) in [4.78, 5) is 14.8. The van der Waals surface area contributed by atoms with E-state index in [2.05, 4.69) is 24.1 Å². The Morgan fingerprint density at radius 1 is 1.38 bits per heavy atom. The Kier molecular flexibility index (Phi) is 5.67. The highest BCUT2D eigenvalue weighted by atomic mass is 16.5. The van der Waals surface area contributed by atoms with E-state index in [9.17, 15) is 4.79 Å². The second-order valence-electron chi connectivity index (χ2n) is 7.21. The zero-order chi connectivity index (χ0) is 15.5. The molecule has 1 N–H and O–H groups in total. The van der Waals surface area contributed by atoms with Crippen molar-refractivity contribution in [1.29, 1.82) is 0 Å². The quantitative estimate of drug-likeness (QED) is 0.733. The standard InChI is InChI=1S/C17H32N2O2/c1-5-9-18-17(3,16(20)21-4)10-13(2)19-11-14-7-6-8-15(14)12-19/h13-15,18H,5-12H2,1-4H3. The molecule has 4 heteroatoms. The lowest BCUT2D eigenvalue weighted by molar-refractivity contribution is -0.148. The zero-order valence-electron chi connectivity index (χ0n) is 14.2. The van der Waals surface area contributed by atoms with Gasteiger partial charge in [0.25, 0.3) is 0 Å². The first kappa shape index (κ1) is 16.8. The smallest absolute Gasteiger partial charge is 0.325 e. The van der Waals surface area contributed by atoms with Crippen molar-refractivity contribution in [1.82, 2.24) is 10.2 Å². The van der Waals surface area contributed by atoms with E-state index in [0.29, 0.717) is 6.04 Å². The summed E-state index contributed by atoms with van der Waals surface area (Å²) in [7, 11) is 1.49. The van der Waals surface area contributed by atoms with Crippen molar-refractivity contribution in [3.8, 4) is 0 Å². The highest BCUT2D eigenvalue weighted by Gasteiger charge is 2.41. The average Bonchev–Trinajstić information content (AvgIpc) is 3.05. The number of methoxy groups -OCH3 is 1. The van der Waals surface area contributed by atoms with Gasteiger partial charge in [-0.05, 0) is 57.9 Å². The van der Waals surface area contributed by atoms with Crippen molar-refractivity contribution in [3.63, 3.8) is 0 Å². The summed E-state index contributed by atoms with van der Waals surface area (Å²) in [5.74, 6) is 1.67. The first-order valence-corrected chi connectivity index (χ1v) is 8.57. The summed E-state index contributed by atoms with van der Waals surface area (Å²) >= 11 is 0. The van der Waals surface area contributed by atoms with E-state index in [0.717, 1.165) is 31.2 Å². The first-order valence-electron chi connectivity index (χ1n) is 8.57. The fourth-order valence-electron chi connectivity index (χ4n) is 4.20. The molecule has 4 nitrogen and oxygen atoms in total. The van der Waals surface area contributed by atoms with Crippen molar-refractivity contribution in [2.75, 3.05) is 26.7 Å². The van der Waals surface area contributed by atoms with Crippen molar-refractivity contribution < 1.29 is 9.53 Å². The lowest BCUT2D eigenvalue weighted by atomic mass is 9.92. The molecule has 0 aromatic rings. The molecular weight excluding hydrogens is 264 g/mol. The van der Waals surface area contributed by atoms with E-state index in [4.69, 9.17) is 4.74 Å². The molecule has 1 saturated carbocycles. The molecule has 1 heterocycles. The van der Waals surface area contributed by atoms with Crippen LogP contribution in [0.3, 0.4) is 0 Å². The van der Waals surface area contributed by atoms with E-state index < -0.39 is 5.54 Å². The molecule has 4 atom stereocenters. The summed E-state index contributed by atoms with van der Waals surface area (Å²) in [6.45, 7) is 9.66. The minimum atomic E-state index is -0.568. The zero-order valence-corrected chi connectivity index (χ0v) is 14.2. The number of carbonyl (C=O) groups excluding carboxylic acids is 1. The number of esters is 1. The number of likely N-dealkylation sites (tertiary alicyclic amines) is 1. The Labute approximate surface area is 129 Å². The van der Waals surface area contributed by atoms with E-state index in [1.807, 2.05) is 6.92 Å². The lowest BCUT2D eigenvalue weighted by Crippen LogP contribution is -2.54. The molecule has 1 aliphatic carbocycles. The van der Waals surface area contributed by atoms with Crippen molar-refractivity contribution in [3.05, 3.63) is 0 Å². The molecule has 1 aliphatic heterocycles. The molecule has 0 bridgehead atoms. The molecule has 122 valence electrons. The molecule has 1 saturated heterocycles. The Morgan fingerprint density at radius 2 is 2.00 bits per heavy atom. The molecule has 4 unspecified atom stereocenters. The molecule has 0 aromatic carbocycles. The summed E-state index contributed by atoms with van der Waals surface area (Å²) < 4.78 is 5.03. The number of rotatable bonds is 7. The van der Waals surface area contributed by atoms with Gasteiger partial charge < -0.3 is 15.0 Å². The number of carbonyl (C=O) groups is 1. The molecular formula is C17H32N2O2. The van der Waals surface area contributed by atoms with Gasteiger partial charge in [-0.2, -0.15) is 0 Å². The third kappa shape index (κ3) is 3.78. The van der Waals surface area contributed by atoms with Gasteiger partial charge in [-0.15, -0.1) is 0 Å². The van der Waals surface area contributed by atoms with Crippen molar-refractivity contribution >= 4 is 5.97 Å². The fourth-order valence-corrected chi connectivity index (χ4v) is 4.20. The molecule has 0 amide bonds. The maximum Gasteiger partial charge on any atom is 0.325 e. The number of nitrogens with one attached hydrogen (secondary N) is 1. The van der Waals surface area contributed by atoms with Gasteiger partial charge >= 0.3 is 5.97 Å². The monoisotopic (exact) mass is 296 g/mol. The fraction of sp³-hybridized carbons (Fsp3) is 0.941. The van der Waals surface area contributed by atoms with Gasteiger partial charge in [-0.25, -0.2) is 0 Å². The number of hydrogen-bond acceptors (Lipinski definition) is 4. The summed E-state index contributed by atoms with van der Waals surface area (Å²) in [5, 5.41) is 3.40. The summed E-state index contributed by atoms with van der Waals surface area (Å²) in [6, 6.07) is 0.420. The lowest BCUT2D eigenvalue weighted by Gasteiger charge is -2.34. The molecule has 2 aliphatic rings. The largest absolute Gasteiger partial charge is 0.468 e. The molecule has 2 fully saturated rings. The Morgan fingerprint density at radius 3 is 2.52 bits per heavy atom. The predicted molar refractivity (Wildman–Crippen MR) is 85.2 cm³/mol. The van der Waals surface area contributed by atoms with Crippen LogP contribution in [0.15, 0.2) is 0 Å². The van der Waals surface area contributed by atoms with E-state index >= 15 is 0 Å². The average molecular weight is 296 g/mol. The van der Waals surface area contributed by atoms with Crippen LogP contribution in [0.4, 0.5) is 0 Å². The van der Waals surface area contributed by atoms with Gasteiger partial charge in [0.05, 0.1) is 7.11 Å². The number of ether oxygens (including phenoxy) is 1. The third-order valence-corrected chi connectivity index (χ3v) is 5.48. The number of fused-ring (bicyclic) bond motifs is 1. The van der Waals surface area contributed by atoms with Gasteiger partial charge in [0.15, 0.2) is 0 Å². The minimum absolute atomic E-state index is 0.137. The Bertz CT molecular complexity index is 349. The van der Waals surface area contributed by atoms with Crippen LogP contribution in [-0.2, 0) is 9.53 Å². The summed E-state index contributed by atoms with van der Waals surface area (Å²) in [6.07, 6.45) is 6.05. The van der Waals surface area contributed by atoms with E-state index in [1.54, 1.807) is 0 Å². The van der Waals surface area contributed by atoms with Crippen LogP contribution < -0.4 is 5.32 Å². The van der Waals surface area contributed by atoms with E-state index in [-0.39, 0.29) is 5.97 Å². The normalized spacial score (nSPS) is 29.9. The number of hydrogen-bond donors (Lipinski definition) is 1. The molecule has 0 aromatic heterocycles. The minimum Gasteiger partial charge on any atom is -0.468 e. The summed E-state index contributed by atoms with van der Waals surface area (Å²) in [5.41, 5.74) is -0.568. The maximum absolute atomic E-state index is 12.2. The van der Waals surface area contributed by atoms with Crippen LogP contribution in [-0.4, -0.2) is 49.2 Å². The van der Waals surface area contributed by atoms with Crippen LogP contribution in [0, 0.1) is 11.8 Å². The first-order chi connectivity index (χ1) is 10.00. The predicted octanol–water partition coefficient (Wildman–Crippen LogP) is 2.43. The Balaban J connectivity index is 1.94. The second kappa shape index (κ2) is 7.10. The van der Waals surface area contributed by atoms with Gasteiger partial charge in [0.1, 0.15) is 5.54 Å². The van der Waals surface area contributed by atoms with Gasteiger partial charge in [0, 0.05) is 19.1 Å². The van der Waals surface area contributed by atoms with Gasteiger partial charge in [-0.1, -0.05) is 13.3 Å². The maximum atomic E-state index is 12.2. The molecule has 21 heavy (non-hydrogen) atoms. The van der Waals surface area contributed by atoms with Gasteiger partial charge in [0.2, 0.25) is 0 Å². The van der Waals surface area contributed by atoms with Crippen LogP contribution >= 0.6 is 0 Å². The highest BCUT2D eigenvalue weighted by Crippen LogP contribution is 2.39. The van der Waals surface area contributed by atoms with Gasteiger partial charge in [-0.3, -0.25) is 4.79 Å². The van der Waals surface area contributed by atoms with E-state index in [1.165, 1.54) is 39.5 Å². The molecule has 0 spiro atoms. The van der Waals surface area contributed by atoms with Crippen LogP contribution in [0.2, 0.25) is 0 Å². The topological polar surface area (TPSA) is 41.6 Å².